The topological polar surface area (TPSA) is 126 Å². The molecule has 0 aliphatic heterocycles. The van der Waals surface area contributed by atoms with Gasteiger partial charge in [0, 0.05) is 48.7 Å². The predicted octanol–water partition coefficient (Wildman–Crippen LogP) is 10.3. The predicted molar refractivity (Wildman–Crippen MR) is 239 cm³/mol. The SMILES string of the molecule is C=Cc1cc(CNC(=O)C=Cc2ccc(C(C)(C)C)cc2NCCC(C)C)cc(F)c1NS(C)(=O)=O.CCCCNc1cc(C(C)(C)C)ccc1C=CC(=O)OC. The summed E-state index contributed by atoms with van der Waals surface area (Å²) in [5.41, 5.74) is 7.12. The molecule has 3 rings (SSSR count). The molecule has 0 saturated carbocycles. The van der Waals surface area contributed by atoms with Crippen molar-refractivity contribution in [1.82, 2.24) is 5.32 Å². The van der Waals surface area contributed by atoms with Crippen molar-refractivity contribution in [2.24, 2.45) is 5.92 Å². The van der Waals surface area contributed by atoms with E-state index in [-0.39, 0.29) is 40.5 Å². The molecule has 0 spiro atoms. The quantitative estimate of drug-likeness (QED) is 0.0608. The average Bonchev–Trinajstić information content (AvgIpc) is 3.12. The zero-order valence-corrected chi connectivity index (χ0v) is 36.7. The number of carbonyl (C=O) groups is 2. The van der Waals surface area contributed by atoms with E-state index in [0.29, 0.717) is 11.5 Å². The molecule has 11 heteroatoms. The Bertz CT molecular complexity index is 1990. The third kappa shape index (κ3) is 17.4. The molecule has 3 aromatic rings. The summed E-state index contributed by atoms with van der Waals surface area (Å²) >= 11 is 0. The van der Waals surface area contributed by atoms with E-state index in [4.69, 9.17) is 0 Å². The largest absolute Gasteiger partial charge is 0.466 e. The minimum Gasteiger partial charge on any atom is -0.466 e. The molecule has 0 fully saturated rings. The first kappa shape index (κ1) is 48.2. The van der Waals surface area contributed by atoms with Crippen LogP contribution in [0.3, 0.4) is 0 Å². The highest BCUT2D eigenvalue weighted by molar-refractivity contribution is 7.92. The number of anilines is 3. The lowest BCUT2D eigenvalue weighted by atomic mass is 9.86. The van der Waals surface area contributed by atoms with Crippen LogP contribution in [-0.2, 0) is 41.7 Å². The average molecular weight is 805 g/mol. The Morgan fingerprint density at radius 1 is 0.842 bits per heavy atom. The molecule has 1 amide bonds. The van der Waals surface area contributed by atoms with E-state index in [1.165, 1.54) is 42.5 Å². The number of esters is 1. The molecule has 0 unspecified atom stereocenters. The van der Waals surface area contributed by atoms with E-state index in [0.717, 1.165) is 61.1 Å². The molecule has 3 aromatic carbocycles. The van der Waals surface area contributed by atoms with E-state index < -0.39 is 15.8 Å². The second-order valence-corrected chi connectivity index (χ2v) is 18.3. The number of hydrogen-bond acceptors (Lipinski definition) is 7. The number of hydrogen-bond donors (Lipinski definition) is 4. The zero-order valence-electron chi connectivity index (χ0n) is 35.9. The maximum atomic E-state index is 14.5. The van der Waals surface area contributed by atoms with Gasteiger partial charge in [-0.1, -0.05) is 106 Å². The van der Waals surface area contributed by atoms with Crippen LogP contribution in [0.5, 0.6) is 0 Å². The summed E-state index contributed by atoms with van der Waals surface area (Å²) in [5, 5.41) is 9.70. The van der Waals surface area contributed by atoms with E-state index in [9.17, 15) is 22.4 Å². The van der Waals surface area contributed by atoms with Gasteiger partial charge < -0.3 is 20.7 Å². The van der Waals surface area contributed by atoms with E-state index in [2.05, 4.69) is 119 Å². The van der Waals surface area contributed by atoms with Crippen LogP contribution in [0.2, 0.25) is 0 Å². The Morgan fingerprint density at radius 2 is 1.39 bits per heavy atom. The van der Waals surface area contributed by atoms with Gasteiger partial charge in [-0.25, -0.2) is 17.6 Å². The Kier molecular flexibility index (Phi) is 18.7. The highest BCUT2D eigenvalue weighted by atomic mass is 32.2. The van der Waals surface area contributed by atoms with Crippen molar-refractivity contribution in [1.29, 1.82) is 0 Å². The Labute approximate surface area is 341 Å². The molecule has 0 atom stereocenters. The summed E-state index contributed by atoms with van der Waals surface area (Å²) in [6.45, 7) is 25.1. The number of sulfonamides is 1. The molecule has 4 N–H and O–H groups in total. The van der Waals surface area contributed by atoms with E-state index in [1.54, 1.807) is 18.2 Å². The van der Waals surface area contributed by atoms with Crippen molar-refractivity contribution >= 4 is 57.2 Å². The fourth-order valence-corrected chi connectivity index (χ4v) is 6.01. The van der Waals surface area contributed by atoms with Gasteiger partial charge in [-0.05, 0) is 93.8 Å². The number of unbranched alkanes of at least 4 members (excludes halogenated alkanes) is 1. The second-order valence-electron chi connectivity index (χ2n) is 16.5. The summed E-state index contributed by atoms with van der Waals surface area (Å²) < 4.78 is 44.3. The van der Waals surface area contributed by atoms with E-state index >= 15 is 0 Å². The van der Waals surface area contributed by atoms with Crippen LogP contribution in [0, 0.1) is 11.7 Å². The lowest BCUT2D eigenvalue weighted by Gasteiger charge is -2.21. The number of rotatable bonds is 17. The van der Waals surface area contributed by atoms with Crippen LogP contribution < -0.4 is 20.7 Å². The van der Waals surface area contributed by atoms with Gasteiger partial charge in [-0.3, -0.25) is 9.52 Å². The molecule has 0 radical (unpaired) electrons. The number of amides is 1. The van der Waals surface area contributed by atoms with Crippen LogP contribution in [-0.4, -0.2) is 46.7 Å². The minimum atomic E-state index is -3.65. The molecule has 0 aliphatic carbocycles. The van der Waals surface area contributed by atoms with Crippen molar-refractivity contribution in [3.8, 4) is 0 Å². The summed E-state index contributed by atoms with van der Waals surface area (Å²) in [6.07, 6.45) is 12.1. The number of halogens is 1. The molecular formula is C46H65FN4O5S. The lowest BCUT2D eigenvalue weighted by Crippen LogP contribution is -2.20. The van der Waals surface area contributed by atoms with Gasteiger partial charge in [-0.2, -0.15) is 0 Å². The van der Waals surface area contributed by atoms with Crippen molar-refractivity contribution in [3.63, 3.8) is 0 Å². The Morgan fingerprint density at radius 3 is 1.86 bits per heavy atom. The third-order valence-electron chi connectivity index (χ3n) is 8.89. The molecule has 0 aromatic heterocycles. The molecular weight excluding hydrogens is 740 g/mol. The normalized spacial score (nSPS) is 11.9. The highest BCUT2D eigenvalue weighted by Gasteiger charge is 2.17. The fraction of sp³-hybridized carbons (Fsp3) is 0.435. The standard InChI is InChI=1S/C28H38FN3O3S.C18H27NO2/c1-8-21-15-20(16-24(29)27(21)32-36(7,34)35)18-31-26(33)12-10-22-9-11-23(28(4,5)6)17-25(22)30-14-13-19(2)3;1-6-7-12-19-16-13-15(18(2,3)4)10-8-14(16)9-11-17(20)21-5/h8-12,15-17,19,30,32H,1,13-14,18H2,2-7H3,(H,31,33);8-11,13,19H,6-7,12H2,1-5H3. The minimum absolute atomic E-state index is 0.0000455. The van der Waals surface area contributed by atoms with Crippen LogP contribution in [0.1, 0.15) is 115 Å². The smallest absolute Gasteiger partial charge is 0.330 e. The van der Waals surface area contributed by atoms with Gasteiger partial charge in [0.15, 0.2) is 0 Å². The van der Waals surface area contributed by atoms with Crippen molar-refractivity contribution in [2.45, 2.75) is 99.0 Å². The first-order chi connectivity index (χ1) is 26.6. The van der Waals surface area contributed by atoms with Crippen molar-refractivity contribution < 1.29 is 27.1 Å². The van der Waals surface area contributed by atoms with Crippen molar-refractivity contribution in [3.05, 3.63) is 106 Å². The van der Waals surface area contributed by atoms with E-state index in [1.807, 2.05) is 12.1 Å². The molecule has 0 saturated heterocycles. The third-order valence-corrected chi connectivity index (χ3v) is 9.47. The molecule has 57 heavy (non-hydrogen) atoms. The molecule has 312 valence electrons. The van der Waals surface area contributed by atoms with Crippen LogP contribution >= 0.6 is 0 Å². The Hall–Kier alpha value is -4.90. The van der Waals surface area contributed by atoms with Crippen LogP contribution in [0.4, 0.5) is 21.5 Å². The van der Waals surface area contributed by atoms with Crippen LogP contribution in [0.15, 0.2) is 67.3 Å². The summed E-state index contributed by atoms with van der Waals surface area (Å²) in [4.78, 5) is 23.8. The van der Waals surface area contributed by atoms with Gasteiger partial charge in [0.1, 0.15) is 5.82 Å². The van der Waals surface area contributed by atoms with Gasteiger partial charge in [-0.15, -0.1) is 0 Å². The molecule has 9 nitrogen and oxygen atoms in total. The van der Waals surface area contributed by atoms with Gasteiger partial charge in [0.2, 0.25) is 15.9 Å². The first-order valence-electron chi connectivity index (χ1n) is 19.5. The zero-order chi connectivity index (χ0) is 43.0. The summed E-state index contributed by atoms with van der Waals surface area (Å²) in [6, 6.07) is 15.3. The number of methoxy groups -OCH3 is 1. The molecule has 0 bridgehead atoms. The first-order valence-corrected chi connectivity index (χ1v) is 21.4. The molecule has 0 heterocycles. The van der Waals surface area contributed by atoms with Gasteiger partial charge in [0.25, 0.3) is 0 Å². The fourth-order valence-electron chi connectivity index (χ4n) is 5.42. The van der Waals surface area contributed by atoms with Gasteiger partial charge >= 0.3 is 5.97 Å². The van der Waals surface area contributed by atoms with Crippen LogP contribution in [0.25, 0.3) is 18.2 Å². The lowest BCUT2D eigenvalue weighted by molar-refractivity contribution is -0.134. The maximum absolute atomic E-state index is 14.5. The monoisotopic (exact) mass is 804 g/mol. The number of ether oxygens (including phenoxy) is 1. The second kappa shape index (κ2) is 22.1. The highest BCUT2D eigenvalue weighted by Crippen LogP contribution is 2.30. The number of nitrogens with one attached hydrogen (secondary N) is 4. The Balaban J connectivity index is 0.000000453. The van der Waals surface area contributed by atoms with Crippen molar-refractivity contribution in [2.75, 3.05) is 41.8 Å². The summed E-state index contributed by atoms with van der Waals surface area (Å²) in [5.74, 6) is -0.833. The molecule has 0 aliphatic rings. The number of carbonyl (C=O) groups excluding carboxylic acids is 2. The summed E-state index contributed by atoms with van der Waals surface area (Å²) in [7, 11) is -2.27. The van der Waals surface area contributed by atoms with Gasteiger partial charge in [0.05, 0.1) is 19.1 Å². The maximum Gasteiger partial charge on any atom is 0.330 e. The number of benzene rings is 3.